The molecule has 0 aliphatic carbocycles. The number of ether oxygens (including phenoxy) is 1. The zero-order chi connectivity index (χ0) is 17.6. The summed E-state index contributed by atoms with van der Waals surface area (Å²) in [6.45, 7) is 4.12. The summed E-state index contributed by atoms with van der Waals surface area (Å²) in [4.78, 5) is 27.5. The summed E-state index contributed by atoms with van der Waals surface area (Å²) in [5, 5.41) is 2.88. The van der Waals surface area contributed by atoms with E-state index in [9.17, 15) is 9.59 Å². The van der Waals surface area contributed by atoms with Gasteiger partial charge in [0.25, 0.3) is 11.8 Å². The molecule has 0 saturated carbocycles. The van der Waals surface area contributed by atoms with Crippen LogP contribution in [0.4, 0.5) is 5.69 Å². The smallest absolute Gasteiger partial charge is 0.265 e. The third-order valence-corrected chi connectivity index (χ3v) is 5.59. The molecule has 1 N–H and O–H groups in total. The first-order chi connectivity index (χ1) is 12.1. The summed E-state index contributed by atoms with van der Waals surface area (Å²) in [6, 6.07) is 7.14. The van der Waals surface area contributed by atoms with E-state index in [1.165, 1.54) is 24.6 Å². The lowest BCUT2D eigenvalue weighted by Crippen LogP contribution is -2.31. The monoisotopic (exact) mass is 360 g/mol. The van der Waals surface area contributed by atoms with Crippen molar-refractivity contribution in [2.75, 3.05) is 30.8 Å². The maximum Gasteiger partial charge on any atom is 0.265 e. The van der Waals surface area contributed by atoms with Crippen molar-refractivity contribution < 1.29 is 14.3 Å². The van der Waals surface area contributed by atoms with Gasteiger partial charge in [-0.05, 0) is 44.0 Å². The molecule has 2 aliphatic heterocycles. The summed E-state index contributed by atoms with van der Waals surface area (Å²) >= 11 is 1.51. The Hall–Kier alpha value is -1.95. The average Bonchev–Trinajstić information content (AvgIpc) is 2.91. The number of hydrogen-bond donors (Lipinski definition) is 1. The summed E-state index contributed by atoms with van der Waals surface area (Å²) in [5.41, 5.74) is 1.36. The van der Waals surface area contributed by atoms with Crippen molar-refractivity contribution in [1.29, 1.82) is 0 Å². The largest absolute Gasteiger partial charge is 0.496 e. The second-order valence-electron chi connectivity index (χ2n) is 6.32. The van der Waals surface area contributed by atoms with Gasteiger partial charge in [-0.3, -0.25) is 9.59 Å². The van der Waals surface area contributed by atoms with Crippen molar-refractivity contribution in [3.63, 3.8) is 0 Å². The third kappa shape index (κ3) is 4.57. The van der Waals surface area contributed by atoms with Gasteiger partial charge in [0.15, 0.2) is 0 Å². The molecule has 0 unspecified atom stereocenters. The van der Waals surface area contributed by atoms with Crippen LogP contribution in [0.1, 0.15) is 43.0 Å². The van der Waals surface area contributed by atoms with Gasteiger partial charge in [0, 0.05) is 30.1 Å². The molecule has 0 radical (unpaired) electrons. The average molecular weight is 360 g/mol. The van der Waals surface area contributed by atoms with Crippen LogP contribution in [0.2, 0.25) is 0 Å². The Morgan fingerprint density at radius 2 is 1.76 bits per heavy atom. The highest BCUT2D eigenvalue weighted by atomic mass is 32.2. The lowest BCUT2D eigenvalue weighted by atomic mass is 10.1. The number of allylic oxidation sites excluding steroid dienone is 1. The van der Waals surface area contributed by atoms with Gasteiger partial charge < -0.3 is 15.0 Å². The highest BCUT2D eigenvalue weighted by Crippen LogP contribution is 2.26. The molecule has 0 bridgehead atoms. The van der Waals surface area contributed by atoms with Crippen molar-refractivity contribution in [1.82, 2.24) is 4.90 Å². The Labute approximate surface area is 152 Å². The van der Waals surface area contributed by atoms with Crippen LogP contribution in [-0.2, 0) is 9.53 Å². The topological polar surface area (TPSA) is 58.6 Å². The maximum atomic E-state index is 12.6. The fourth-order valence-electron chi connectivity index (χ4n) is 3.07. The standard InChI is InChI=1S/C19H24N2O3S/c1-14-17(25-13-12-24-14)18(22)20-16-8-6-15(7-9-16)19(23)21-10-4-2-3-5-11-21/h6-9H,2-5,10-13H2,1H3,(H,20,22). The maximum absolute atomic E-state index is 12.6. The van der Waals surface area contributed by atoms with Crippen LogP contribution in [0.25, 0.3) is 0 Å². The first kappa shape index (κ1) is 17.9. The van der Waals surface area contributed by atoms with Crippen molar-refractivity contribution in [2.45, 2.75) is 32.6 Å². The Morgan fingerprint density at radius 3 is 2.40 bits per heavy atom. The zero-order valence-electron chi connectivity index (χ0n) is 14.5. The lowest BCUT2D eigenvalue weighted by Gasteiger charge is -2.20. The van der Waals surface area contributed by atoms with Crippen LogP contribution in [0.15, 0.2) is 34.9 Å². The second kappa shape index (κ2) is 8.43. The molecule has 0 atom stereocenters. The molecule has 2 amide bonds. The zero-order valence-corrected chi connectivity index (χ0v) is 15.4. The van der Waals surface area contributed by atoms with Gasteiger partial charge in [0.2, 0.25) is 0 Å². The van der Waals surface area contributed by atoms with Gasteiger partial charge in [-0.25, -0.2) is 0 Å². The minimum Gasteiger partial charge on any atom is -0.496 e. The minimum absolute atomic E-state index is 0.0783. The molecule has 25 heavy (non-hydrogen) atoms. The first-order valence-electron chi connectivity index (χ1n) is 8.82. The number of carbonyl (C=O) groups excluding carboxylic acids is 2. The number of hydrogen-bond acceptors (Lipinski definition) is 4. The molecule has 1 aromatic rings. The SMILES string of the molecule is CC1=C(C(=O)Nc2ccc(C(=O)N3CCCCCC3)cc2)SCCO1. The Bertz CT molecular complexity index is 662. The van der Waals surface area contributed by atoms with Crippen LogP contribution in [0, 0.1) is 0 Å². The molecule has 1 fully saturated rings. The number of nitrogens with one attached hydrogen (secondary N) is 1. The van der Waals surface area contributed by atoms with Crippen LogP contribution >= 0.6 is 11.8 Å². The molecular formula is C19H24N2O3S. The van der Waals surface area contributed by atoms with Gasteiger partial charge in [-0.2, -0.15) is 0 Å². The molecule has 2 heterocycles. The Kier molecular flexibility index (Phi) is 6.02. The summed E-state index contributed by atoms with van der Waals surface area (Å²) in [5.74, 6) is 1.37. The summed E-state index contributed by atoms with van der Waals surface area (Å²) in [6.07, 6.45) is 4.56. The van der Waals surface area contributed by atoms with Crippen LogP contribution in [-0.4, -0.2) is 42.2 Å². The van der Waals surface area contributed by atoms with Gasteiger partial charge in [-0.1, -0.05) is 12.8 Å². The number of carbonyl (C=O) groups is 2. The second-order valence-corrected chi connectivity index (χ2v) is 7.43. The number of thioether (sulfide) groups is 1. The van der Waals surface area contributed by atoms with Crippen molar-refractivity contribution >= 4 is 29.3 Å². The van der Waals surface area contributed by atoms with E-state index in [1.54, 1.807) is 24.3 Å². The fourth-order valence-corrected chi connectivity index (χ4v) is 3.89. The molecule has 1 aromatic carbocycles. The van der Waals surface area contributed by atoms with E-state index in [0.29, 0.717) is 28.5 Å². The Morgan fingerprint density at radius 1 is 1.08 bits per heavy atom. The normalized spacial score (nSPS) is 18.4. The van der Waals surface area contributed by atoms with E-state index in [1.807, 2.05) is 11.8 Å². The molecular weight excluding hydrogens is 336 g/mol. The molecule has 0 aromatic heterocycles. The minimum atomic E-state index is -0.159. The fraction of sp³-hybridized carbons (Fsp3) is 0.474. The molecule has 1 saturated heterocycles. The number of benzene rings is 1. The first-order valence-corrected chi connectivity index (χ1v) is 9.81. The van der Waals surface area contributed by atoms with E-state index in [0.717, 1.165) is 31.7 Å². The molecule has 5 nitrogen and oxygen atoms in total. The van der Waals surface area contributed by atoms with E-state index in [2.05, 4.69) is 5.32 Å². The number of nitrogens with zero attached hydrogens (tertiary/aromatic N) is 1. The van der Waals surface area contributed by atoms with Crippen LogP contribution < -0.4 is 5.32 Å². The summed E-state index contributed by atoms with van der Waals surface area (Å²) < 4.78 is 5.42. The molecule has 134 valence electrons. The van der Waals surface area contributed by atoms with Gasteiger partial charge in [0.05, 0.1) is 6.61 Å². The van der Waals surface area contributed by atoms with Gasteiger partial charge in [-0.15, -0.1) is 11.8 Å². The van der Waals surface area contributed by atoms with Crippen molar-refractivity contribution in [2.24, 2.45) is 0 Å². The quantitative estimate of drug-likeness (QED) is 0.894. The predicted octanol–water partition coefficient (Wildman–Crippen LogP) is 3.64. The molecule has 6 heteroatoms. The van der Waals surface area contributed by atoms with Crippen LogP contribution in [0.5, 0.6) is 0 Å². The van der Waals surface area contributed by atoms with Crippen molar-refractivity contribution in [3.8, 4) is 0 Å². The van der Waals surface area contributed by atoms with Crippen LogP contribution in [0.3, 0.4) is 0 Å². The van der Waals surface area contributed by atoms with E-state index < -0.39 is 0 Å². The number of likely N-dealkylation sites (tertiary alicyclic amines) is 1. The predicted molar refractivity (Wildman–Crippen MR) is 101 cm³/mol. The van der Waals surface area contributed by atoms with Crippen molar-refractivity contribution in [3.05, 3.63) is 40.5 Å². The number of rotatable bonds is 3. The summed E-state index contributed by atoms with van der Waals surface area (Å²) in [7, 11) is 0. The van der Waals surface area contributed by atoms with E-state index >= 15 is 0 Å². The molecule has 3 rings (SSSR count). The van der Waals surface area contributed by atoms with E-state index in [-0.39, 0.29) is 11.8 Å². The third-order valence-electron chi connectivity index (χ3n) is 4.46. The molecule has 2 aliphatic rings. The Balaban J connectivity index is 1.63. The highest BCUT2D eigenvalue weighted by molar-refractivity contribution is 8.04. The van der Waals surface area contributed by atoms with Gasteiger partial charge >= 0.3 is 0 Å². The number of anilines is 1. The van der Waals surface area contributed by atoms with E-state index in [4.69, 9.17) is 4.74 Å². The lowest BCUT2D eigenvalue weighted by molar-refractivity contribution is -0.112. The van der Waals surface area contributed by atoms with Gasteiger partial charge in [0.1, 0.15) is 10.7 Å². The number of amides is 2. The molecule has 0 spiro atoms. The highest BCUT2D eigenvalue weighted by Gasteiger charge is 2.20.